The third kappa shape index (κ3) is 13.7. The number of aliphatic hydroxyl groups excluding tert-OH is 1. The maximum atomic E-state index is 13.2. The van der Waals surface area contributed by atoms with Crippen molar-refractivity contribution >= 4 is 63.9 Å². The molecule has 8 rings (SSSR count). The van der Waals surface area contributed by atoms with Gasteiger partial charge in [-0.2, -0.15) is 0 Å². The molecular formula is C49H65Br2N3O9S2. The summed E-state index contributed by atoms with van der Waals surface area (Å²) in [6.45, 7) is 6.00. The highest BCUT2D eigenvalue weighted by molar-refractivity contribution is 9.10. The lowest BCUT2D eigenvalue weighted by Gasteiger charge is -2.44. The number of carbonyl (C=O) groups excluding carboxylic acids is 2. The zero-order valence-electron chi connectivity index (χ0n) is 35.8. The molecule has 356 valence electrons. The van der Waals surface area contributed by atoms with Crippen LogP contribution in [0.25, 0.3) is 0 Å². The number of sulfonamides is 1. The minimum Gasteiger partial charge on any atom is -0.438 e. The summed E-state index contributed by atoms with van der Waals surface area (Å²) in [6.07, 6.45) is 3.82. The van der Waals surface area contributed by atoms with Gasteiger partial charge in [0.15, 0.2) is 0 Å². The second kappa shape index (κ2) is 23.8. The minimum atomic E-state index is -3.20. The smallest absolute Gasteiger partial charge is 0.411 e. The van der Waals surface area contributed by atoms with Crippen LogP contribution in [0.4, 0.5) is 9.59 Å². The van der Waals surface area contributed by atoms with Gasteiger partial charge in [-0.1, -0.05) is 132 Å². The van der Waals surface area contributed by atoms with Crippen molar-refractivity contribution in [3.63, 3.8) is 0 Å². The topological polar surface area (TPSA) is 151 Å². The SMILES string of the molecule is C.C.C[C@@H](c1ccc(Br)cc1)N1CC[C@](CCN2CCCS2(=O)=O)(c2ccccc2)OC1=O.C[C@@H](c1ccc(Br)cc1)N1CC[C@](CCO)(c2ccccc2)OC1=O.O=S1(=O)CCCC1. The lowest BCUT2D eigenvalue weighted by Crippen LogP contribution is -2.50. The largest absolute Gasteiger partial charge is 0.438 e. The number of amides is 2. The van der Waals surface area contributed by atoms with Gasteiger partial charge in [-0.25, -0.2) is 30.7 Å². The lowest BCUT2D eigenvalue weighted by molar-refractivity contribution is -0.0719. The summed E-state index contributed by atoms with van der Waals surface area (Å²) >= 11 is 6.88. The number of rotatable bonds is 11. The van der Waals surface area contributed by atoms with Crippen molar-refractivity contribution in [1.82, 2.24) is 14.1 Å². The molecule has 4 atom stereocenters. The van der Waals surface area contributed by atoms with E-state index in [-0.39, 0.29) is 51.5 Å². The summed E-state index contributed by atoms with van der Waals surface area (Å²) in [5.74, 6) is 1.05. The molecule has 0 spiro atoms. The fourth-order valence-corrected chi connectivity index (χ4v) is 12.1. The summed E-state index contributed by atoms with van der Waals surface area (Å²) < 4.78 is 60.9. The van der Waals surface area contributed by atoms with Gasteiger partial charge in [0.25, 0.3) is 0 Å². The van der Waals surface area contributed by atoms with Crippen LogP contribution >= 0.6 is 31.9 Å². The lowest BCUT2D eigenvalue weighted by atomic mass is 9.85. The van der Waals surface area contributed by atoms with Crippen LogP contribution in [0.3, 0.4) is 0 Å². The third-order valence-electron chi connectivity index (χ3n) is 12.4. The van der Waals surface area contributed by atoms with Crippen LogP contribution in [-0.4, -0.2) is 98.3 Å². The number of hydrogen-bond donors (Lipinski definition) is 1. The monoisotopic (exact) mass is 1060 g/mol. The zero-order valence-corrected chi connectivity index (χ0v) is 40.6. The van der Waals surface area contributed by atoms with Gasteiger partial charge >= 0.3 is 12.2 Å². The van der Waals surface area contributed by atoms with E-state index in [0.29, 0.717) is 69.8 Å². The van der Waals surface area contributed by atoms with E-state index in [1.165, 1.54) is 4.31 Å². The molecule has 1 N–H and O–H groups in total. The van der Waals surface area contributed by atoms with Crippen molar-refractivity contribution in [3.8, 4) is 0 Å². The first-order valence-electron chi connectivity index (χ1n) is 21.5. The number of carbonyl (C=O) groups is 2. The van der Waals surface area contributed by atoms with Crippen LogP contribution in [0, 0.1) is 0 Å². The van der Waals surface area contributed by atoms with E-state index in [1.807, 2.05) is 123 Å². The Morgan fingerprint density at radius 2 is 1.02 bits per heavy atom. The Bertz CT molecular complexity index is 2350. The third-order valence-corrected chi connectivity index (χ3v) is 17.3. The second-order valence-electron chi connectivity index (χ2n) is 16.4. The van der Waals surface area contributed by atoms with Crippen LogP contribution in [0.1, 0.15) is 108 Å². The Kier molecular flexibility index (Phi) is 19.7. The Labute approximate surface area is 403 Å². The standard InChI is InChI=1S/C23H27BrN2O4S.C20H22BrNO3.C4H8O2S.2CH4/c1-18(19-8-10-21(24)11-9-19)26-16-13-23(30-22(26)27,20-6-3-2-4-7-20)12-15-25-14-5-17-31(25,28)29;1-15(16-7-9-18(21)10-8-16)22-13-11-20(12-14-23,25-19(22)24)17-5-3-2-4-6-17;5-7(6)3-1-2-4-7;;/h2-4,6-11,18H,5,12-17H2,1H3;2-10,15,23H,11-14H2,1H3;1-4H2;2*1H4/t18-,23+;15-,20-;;;/m00.../s1. The molecule has 4 aromatic rings. The van der Waals surface area contributed by atoms with Crippen molar-refractivity contribution in [3.05, 3.63) is 140 Å². The van der Waals surface area contributed by atoms with E-state index in [9.17, 15) is 31.5 Å². The predicted molar refractivity (Wildman–Crippen MR) is 265 cm³/mol. The second-order valence-corrected chi connectivity index (χ2v) is 22.7. The highest BCUT2D eigenvalue weighted by Gasteiger charge is 2.45. The highest BCUT2D eigenvalue weighted by Crippen LogP contribution is 2.41. The van der Waals surface area contributed by atoms with Gasteiger partial charge in [0.05, 0.1) is 29.3 Å². The number of sulfone groups is 1. The van der Waals surface area contributed by atoms with Crippen LogP contribution in [0.5, 0.6) is 0 Å². The predicted octanol–water partition coefficient (Wildman–Crippen LogP) is 10.8. The van der Waals surface area contributed by atoms with Crippen LogP contribution in [0.2, 0.25) is 0 Å². The first-order chi connectivity index (χ1) is 30.1. The van der Waals surface area contributed by atoms with Gasteiger partial charge in [-0.05, 0) is 79.6 Å². The van der Waals surface area contributed by atoms with E-state index in [1.54, 1.807) is 9.80 Å². The first-order valence-corrected chi connectivity index (χ1v) is 26.5. The summed E-state index contributed by atoms with van der Waals surface area (Å²) in [7, 11) is -5.74. The Morgan fingerprint density at radius 1 is 0.600 bits per heavy atom. The molecule has 0 aromatic heterocycles. The van der Waals surface area contributed by atoms with Gasteiger partial charge in [0.2, 0.25) is 10.0 Å². The normalized spacial score (nSPS) is 23.2. The Morgan fingerprint density at radius 3 is 1.35 bits per heavy atom. The van der Waals surface area contributed by atoms with Gasteiger partial charge in [-0.15, -0.1) is 0 Å². The zero-order chi connectivity index (χ0) is 45.3. The van der Waals surface area contributed by atoms with Crippen LogP contribution < -0.4 is 0 Å². The number of halogens is 2. The molecule has 4 saturated heterocycles. The summed E-state index contributed by atoms with van der Waals surface area (Å²) in [5.41, 5.74) is 2.38. The number of nitrogens with zero attached hydrogens (tertiary/aromatic N) is 3. The molecule has 12 nitrogen and oxygen atoms in total. The molecule has 0 saturated carbocycles. The number of hydrogen-bond acceptors (Lipinski definition) is 9. The summed E-state index contributed by atoms with van der Waals surface area (Å²) in [6, 6.07) is 35.1. The van der Waals surface area contributed by atoms with Gasteiger partial charge < -0.3 is 24.4 Å². The van der Waals surface area contributed by atoms with Crippen LogP contribution in [-0.2, 0) is 40.5 Å². The molecule has 16 heteroatoms. The van der Waals surface area contributed by atoms with Crippen molar-refractivity contribution in [2.45, 2.75) is 96.9 Å². The molecule has 4 aromatic carbocycles. The highest BCUT2D eigenvalue weighted by atomic mass is 79.9. The number of benzene rings is 4. The van der Waals surface area contributed by atoms with Gasteiger partial charge in [0.1, 0.15) is 21.0 Å². The Balaban J connectivity index is 0.000000244. The maximum Gasteiger partial charge on any atom is 0.411 e. The molecule has 4 aliphatic rings. The molecule has 0 radical (unpaired) electrons. The molecule has 0 unspecified atom stereocenters. The van der Waals surface area contributed by atoms with E-state index in [0.717, 1.165) is 44.0 Å². The molecular weight excluding hydrogens is 998 g/mol. The number of ether oxygens (including phenoxy) is 2. The van der Waals surface area contributed by atoms with Gasteiger partial charge in [-0.3, -0.25) is 0 Å². The van der Waals surface area contributed by atoms with Crippen molar-refractivity contribution < 1.29 is 41.0 Å². The van der Waals surface area contributed by atoms with E-state index >= 15 is 0 Å². The Hall–Kier alpha value is -3.80. The molecule has 65 heavy (non-hydrogen) atoms. The van der Waals surface area contributed by atoms with Crippen molar-refractivity contribution in [2.75, 3.05) is 50.0 Å². The van der Waals surface area contributed by atoms with Crippen molar-refractivity contribution in [1.29, 1.82) is 0 Å². The van der Waals surface area contributed by atoms with Crippen LogP contribution in [0.15, 0.2) is 118 Å². The maximum absolute atomic E-state index is 13.2. The number of aliphatic hydroxyl groups is 1. The van der Waals surface area contributed by atoms with E-state index < -0.39 is 31.1 Å². The fraction of sp³-hybridized carbons (Fsp3) is 0.469. The molecule has 2 amide bonds. The average Bonchev–Trinajstić information content (AvgIpc) is 3.85. The van der Waals surface area contributed by atoms with Crippen molar-refractivity contribution in [2.24, 2.45) is 0 Å². The summed E-state index contributed by atoms with van der Waals surface area (Å²) in [5, 5.41) is 9.50. The molecule has 4 fully saturated rings. The minimum absolute atomic E-state index is 0. The van der Waals surface area contributed by atoms with Gasteiger partial charge in [0, 0.05) is 67.4 Å². The average molecular weight is 1060 g/mol. The van der Waals surface area contributed by atoms with E-state index in [2.05, 4.69) is 31.9 Å². The quantitative estimate of drug-likeness (QED) is 0.155. The molecule has 0 aliphatic carbocycles. The van der Waals surface area contributed by atoms with E-state index in [4.69, 9.17) is 9.47 Å². The molecule has 4 heterocycles. The first kappa shape index (κ1) is 53.8. The molecule has 0 bridgehead atoms. The molecule has 4 aliphatic heterocycles. The number of cyclic esters (lactones) is 2. The summed E-state index contributed by atoms with van der Waals surface area (Å²) in [4.78, 5) is 29.4. The fourth-order valence-electron chi connectivity index (χ4n) is 8.59.